The van der Waals surface area contributed by atoms with Crippen LogP contribution >= 0.6 is 0 Å². The molecule has 1 aliphatic rings. The summed E-state index contributed by atoms with van der Waals surface area (Å²) in [5.41, 5.74) is 0.661. The molecule has 0 bridgehead atoms. The van der Waals surface area contributed by atoms with Crippen LogP contribution in [0.5, 0.6) is 0 Å². The molecule has 2 rings (SSSR count). The highest BCUT2D eigenvalue weighted by molar-refractivity contribution is 5.77. The van der Waals surface area contributed by atoms with Gasteiger partial charge in [-0.2, -0.15) is 0 Å². The molecule has 0 spiro atoms. The molecule has 1 aliphatic heterocycles. The third kappa shape index (κ3) is 3.27. The smallest absolute Gasteiger partial charge is 0.246 e. The summed E-state index contributed by atoms with van der Waals surface area (Å²) in [4.78, 5) is 15.9. The first-order chi connectivity index (χ1) is 8.59. The molecule has 2 N–H and O–H groups in total. The molecule has 1 fully saturated rings. The highest BCUT2D eigenvalue weighted by Gasteiger charge is 2.33. The van der Waals surface area contributed by atoms with E-state index in [2.05, 4.69) is 15.6 Å². The zero-order valence-electron chi connectivity index (χ0n) is 10.8. The Morgan fingerprint density at radius 1 is 1.61 bits per heavy atom. The summed E-state index contributed by atoms with van der Waals surface area (Å²) in [7, 11) is 0. The Balaban J connectivity index is 1.77. The van der Waals surface area contributed by atoms with E-state index in [1.807, 2.05) is 32.0 Å². The molecule has 0 aliphatic carbocycles. The minimum atomic E-state index is -0.189. The predicted octanol–water partition coefficient (Wildman–Crippen LogP) is 0.637. The van der Waals surface area contributed by atoms with Crippen molar-refractivity contribution in [2.45, 2.75) is 25.5 Å². The first-order valence-corrected chi connectivity index (χ1v) is 6.14. The molecule has 1 amide bonds. The quantitative estimate of drug-likeness (QED) is 0.803. The highest BCUT2D eigenvalue weighted by Crippen LogP contribution is 2.15. The monoisotopic (exact) mass is 249 g/mol. The van der Waals surface area contributed by atoms with Crippen LogP contribution in [-0.2, 0) is 9.53 Å². The SMILES string of the molecule is C[C@@H](NC(=O)COC1(C)CNC1)c1ccccn1. The fourth-order valence-electron chi connectivity index (χ4n) is 1.81. The summed E-state index contributed by atoms with van der Waals surface area (Å²) in [6, 6.07) is 5.55. The van der Waals surface area contributed by atoms with Gasteiger partial charge in [-0.05, 0) is 26.0 Å². The number of carbonyl (C=O) groups excluding carboxylic acids is 1. The number of rotatable bonds is 5. The van der Waals surface area contributed by atoms with Gasteiger partial charge in [0.15, 0.2) is 0 Å². The van der Waals surface area contributed by atoms with Crippen molar-refractivity contribution >= 4 is 5.91 Å². The predicted molar refractivity (Wildman–Crippen MR) is 68.0 cm³/mol. The van der Waals surface area contributed by atoms with Gasteiger partial charge in [0, 0.05) is 19.3 Å². The second-order valence-corrected chi connectivity index (χ2v) is 4.89. The van der Waals surface area contributed by atoms with E-state index in [4.69, 9.17) is 4.74 Å². The molecule has 5 heteroatoms. The summed E-state index contributed by atoms with van der Waals surface area (Å²) >= 11 is 0. The van der Waals surface area contributed by atoms with Gasteiger partial charge in [-0.15, -0.1) is 0 Å². The molecule has 0 aromatic carbocycles. The van der Waals surface area contributed by atoms with Crippen molar-refractivity contribution in [2.75, 3.05) is 19.7 Å². The van der Waals surface area contributed by atoms with Gasteiger partial charge in [-0.1, -0.05) is 6.07 Å². The maximum atomic E-state index is 11.7. The first kappa shape index (κ1) is 13.0. The van der Waals surface area contributed by atoms with Gasteiger partial charge in [0.2, 0.25) is 5.91 Å². The van der Waals surface area contributed by atoms with Gasteiger partial charge in [-0.3, -0.25) is 9.78 Å². The fourth-order valence-corrected chi connectivity index (χ4v) is 1.81. The molecular formula is C13H19N3O2. The lowest BCUT2D eigenvalue weighted by atomic mass is 10.0. The number of aromatic nitrogens is 1. The van der Waals surface area contributed by atoms with Gasteiger partial charge in [0.1, 0.15) is 6.61 Å². The van der Waals surface area contributed by atoms with Crippen LogP contribution in [0.2, 0.25) is 0 Å². The van der Waals surface area contributed by atoms with E-state index in [9.17, 15) is 4.79 Å². The third-order valence-electron chi connectivity index (χ3n) is 3.06. The van der Waals surface area contributed by atoms with Crippen molar-refractivity contribution in [3.63, 3.8) is 0 Å². The topological polar surface area (TPSA) is 63.2 Å². The molecule has 0 radical (unpaired) electrons. The molecule has 18 heavy (non-hydrogen) atoms. The van der Waals surface area contributed by atoms with Crippen LogP contribution in [0.1, 0.15) is 25.6 Å². The summed E-state index contributed by atoms with van der Waals surface area (Å²) < 4.78 is 5.57. The van der Waals surface area contributed by atoms with Crippen LogP contribution in [0.3, 0.4) is 0 Å². The second-order valence-electron chi connectivity index (χ2n) is 4.89. The third-order valence-corrected chi connectivity index (χ3v) is 3.06. The zero-order chi connectivity index (χ0) is 13.0. The Labute approximate surface area is 107 Å². The van der Waals surface area contributed by atoms with Crippen LogP contribution in [0.15, 0.2) is 24.4 Å². The molecular weight excluding hydrogens is 230 g/mol. The molecule has 0 saturated carbocycles. The summed E-state index contributed by atoms with van der Waals surface area (Å²) in [5.74, 6) is -0.110. The Morgan fingerprint density at radius 2 is 2.39 bits per heavy atom. The molecule has 1 aromatic rings. The van der Waals surface area contributed by atoms with Gasteiger partial charge in [0.05, 0.1) is 17.3 Å². The lowest BCUT2D eigenvalue weighted by molar-refractivity contribution is -0.136. The van der Waals surface area contributed by atoms with Crippen molar-refractivity contribution in [3.8, 4) is 0 Å². The molecule has 1 atom stereocenters. The molecule has 2 heterocycles. The molecule has 1 aromatic heterocycles. The maximum Gasteiger partial charge on any atom is 0.246 e. The second kappa shape index (κ2) is 5.46. The Kier molecular flexibility index (Phi) is 3.93. The number of hydrogen-bond acceptors (Lipinski definition) is 4. The summed E-state index contributed by atoms with van der Waals surface area (Å²) in [6.07, 6.45) is 1.72. The van der Waals surface area contributed by atoms with Crippen molar-refractivity contribution < 1.29 is 9.53 Å². The van der Waals surface area contributed by atoms with Crippen LogP contribution in [0.25, 0.3) is 0 Å². The van der Waals surface area contributed by atoms with Crippen molar-refractivity contribution in [1.82, 2.24) is 15.6 Å². The number of pyridine rings is 1. The van der Waals surface area contributed by atoms with E-state index in [0.717, 1.165) is 18.8 Å². The zero-order valence-corrected chi connectivity index (χ0v) is 10.8. The van der Waals surface area contributed by atoms with Gasteiger partial charge in [0.25, 0.3) is 0 Å². The van der Waals surface area contributed by atoms with Crippen molar-refractivity contribution in [2.24, 2.45) is 0 Å². The normalized spacial score (nSPS) is 18.8. The number of carbonyl (C=O) groups is 1. The van der Waals surface area contributed by atoms with E-state index < -0.39 is 0 Å². The Morgan fingerprint density at radius 3 is 2.94 bits per heavy atom. The van der Waals surface area contributed by atoms with Crippen LogP contribution < -0.4 is 10.6 Å². The van der Waals surface area contributed by atoms with Crippen molar-refractivity contribution in [3.05, 3.63) is 30.1 Å². The minimum absolute atomic E-state index is 0.0926. The largest absolute Gasteiger partial charge is 0.363 e. The summed E-state index contributed by atoms with van der Waals surface area (Å²) in [6.45, 7) is 5.60. The fraction of sp³-hybridized carbons (Fsp3) is 0.538. The molecule has 5 nitrogen and oxygen atoms in total. The van der Waals surface area contributed by atoms with Gasteiger partial charge < -0.3 is 15.4 Å². The lowest BCUT2D eigenvalue weighted by Gasteiger charge is -2.38. The number of amides is 1. The van der Waals surface area contributed by atoms with Crippen LogP contribution in [-0.4, -0.2) is 36.2 Å². The molecule has 1 saturated heterocycles. The first-order valence-electron chi connectivity index (χ1n) is 6.14. The standard InChI is InChI=1S/C13H19N3O2/c1-10(11-5-3-4-6-15-11)16-12(17)7-18-13(2)8-14-9-13/h3-6,10,14H,7-9H2,1-2H3,(H,16,17)/t10-/m1/s1. The van der Waals surface area contributed by atoms with E-state index in [0.29, 0.717) is 0 Å². The van der Waals surface area contributed by atoms with E-state index in [-0.39, 0.29) is 24.2 Å². The average Bonchev–Trinajstić information content (AvgIpc) is 2.35. The number of nitrogens with zero attached hydrogens (tertiary/aromatic N) is 1. The van der Waals surface area contributed by atoms with Gasteiger partial charge in [-0.25, -0.2) is 0 Å². The van der Waals surface area contributed by atoms with Crippen molar-refractivity contribution in [1.29, 1.82) is 0 Å². The van der Waals surface area contributed by atoms with Crippen LogP contribution in [0.4, 0.5) is 0 Å². The Hall–Kier alpha value is -1.46. The average molecular weight is 249 g/mol. The number of ether oxygens (including phenoxy) is 1. The van der Waals surface area contributed by atoms with E-state index in [1.165, 1.54) is 0 Å². The lowest BCUT2D eigenvalue weighted by Crippen LogP contribution is -2.59. The number of hydrogen-bond donors (Lipinski definition) is 2. The van der Waals surface area contributed by atoms with Crippen LogP contribution in [0, 0.1) is 0 Å². The molecule has 0 unspecified atom stereocenters. The summed E-state index contributed by atoms with van der Waals surface area (Å²) in [5, 5.41) is 6.00. The minimum Gasteiger partial charge on any atom is -0.363 e. The number of nitrogens with one attached hydrogen (secondary N) is 2. The van der Waals surface area contributed by atoms with E-state index >= 15 is 0 Å². The molecule has 98 valence electrons. The van der Waals surface area contributed by atoms with E-state index in [1.54, 1.807) is 6.20 Å². The maximum absolute atomic E-state index is 11.7. The van der Waals surface area contributed by atoms with Gasteiger partial charge >= 0.3 is 0 Å². The Bertz CT molecular complexity index is 404. The highest BCUT2D eigenvalue weighted by atomic mass is 16.5.